The number of halogens is 2. The van der Waals surface area contributed by atoms with E-state index in [0.717, 1.165) is 0 Å². The highest BCUT2D eigenvalue weighted by Gasteiger charge is 2.01. The molecule has 10 heavy (non-hydrogen) atoms. The van der Waals surface area contributed by atoms with Gasteiger partial charge in [0.15, 0.2) is 0 Å². The van der Waals surface area contributed by atoms with E-state index in [1.165, 1.54) is 12.1 Å². The van der Waals surface area contributed by atoms with Crippen LogP contribution in [0.25, 0.3) is 0 Å². The molecule has 0 spiro atoms. The van der Waals surface area contributed by atoms with E-state index < -0.39 is 0 Å². The number of rotatable bonds is 0. The van der Waals surface area contributed by atoms with Crippen LogP contribution >= 0.6 is 22.6 Å². The molecule has 0 saturated heterocycles. The summed E-state index contributed by atoms with van der Waals surface area (Å²) in [4.78, 5) is 0. The van der Waals surface area contributed by atoms with Crippen molar-refractivity contribution >= 4 is 22.6 Å². The Kier molecular flexibility index (Phi) is 2.13. The molecule has 1 N–H and O–H groups in total. The molecule has 0 aromatic heterocycles. The molecule has 0 bridgehead atoms. The van der Waals surface area contributed by atoms with Gasteiger partial charge in [0.05, 0.1) is 3.57 Å². The number of aryl methyl sites for hydroxylation is 1. The molecule has 0 amide bonds. The standard InChI is InChI=1S/C7H6FIO/c1-4-2-7(10)6(9)3-5(4)8/h2-3,10H,1H3. The normalized spacial score (nSPS) is 9.90. The molecule has 54 valence electrons. The van der Waals surface area contributed by atoms with E-state index in [9.17, 15) is 4.39 Å². The lowest BCUT2D eigenvalue weighted by Crippen LogP contribution is -1.83. The van der Waals surface area contributed by atoms with Gasteiger partial charge in [-0.05, 0) is 47.2 Å². The quantitative estimate of drug-likeness (QED) is 0.703. The predicted molar refractivity (Wildman–Crippen MR) is 45.5 cm³/mol. The third-order valence-corrected chi connectivity index (χ3v) is 2.09. The minimum Gasteiger partial charge on any atom is -0.507 e. The number of hydrogen-bond donors (Lipinski definition) is 1. The van der Waals surface area contributed by atoms with Gasteiger partial charge in [-0.1, -0.05) is 0 Å². The largest absolute Gasteiger partial charge is 0.507 e. The zero-order chi connectivity index (χ0) is 7.72. The second-order valence-electron chi connectivity index (χ2n) is 2.05. The summed E-state index contributed by atoms with van der Waals surface area (Å²) < 4.78 is 13.2. The van der Waals surface area contributed by atoms with Crippen LogP contribution in [0.5, 0.6) is 5.75 Å². The lowest BCUT2D eigenvalue weighted by molar-refractivity contribution is 0.468. The highest BCUT2D eigenvalue weighted by Crippen LogP contribution is 2.22. The highest BCUT2D eigenvalue weighted by atomic mass is 127. The van der Waals surface area contributed by atoms with Gasteiger partial charge in [-0.25, -0.2) is 4.39 Å². The second kappa shape index (κ2) is 2.74. The maximum atomic E-state index is 12.6. The van der Waals surface area contributed by atoms with Crippen LogP contribution < -0.4 is 0 Å². The molecule has 0 saturated carbocycles. The summed E-state index contributed by atoms with van der Waals surface area (Å²) >= 11 is 1.88. The van der Waals surface area contributed by atoms with Crippen LogP contribution in [-0.2, 0) is 0 Å². The first-order valence-corrected chi connectivity index (χ1v) is 3.84. The average Bonchev–Trinajstić information content (AvgIpc) is 1.84. The maximum absolute atomic E-state index is 12.6. The van der Waals surface area contributed by atoms with E-state index in [4.69, 9.17) is 5.11 Å². The number of aromatic hydroxyl groups is 1. The summed E-state index contributed by atoms with van der Waals surface area (Å²) in [5.41, 5.74) is 0.470. The Morgan fingerprint density at radius 1 is 1.50 bits per heavy atom. The molecule has 0 radical (unpaired) electrons. The summed E-state index contributed by atoms with van der Waals surface area (Å²) in [6.07, 6.45) is 0. The van der Waals surface area contributed by atoms with Crippen LogP contribution in [0.3, 0.4) is 0 Å². The maximum Gasteiger partial charge on any atom is 0.129 e. The molecule has 1 aromatic carbocycles. The monoisotopic (exact) mass is 252 g/mol. The molecule has 1 nitrogen and oxygen atoms in total. The Hall–Kier alpha value is -0.320. The van der Waals surface area contributed by atoms with E-state index in [2.05, 4.69) is 0 Å². The summed E-state index contributed by atoms with van der Waals surface area (Å²) in [7, 11) is 0. The van der Waals surface area contributed by atoms with Crippen molar-refractivity contribution < 1.29 is 9.50 Å². The Balaban J connectivity index is 3.28. The van der Waals surface area contributed by atoms with E-state index >= 15 is 0 Å². The Labute approximate surface area is 72.0 Å². The van der Waals surface area contributed by atoms with Crippen LogP contribution in [0, 0.1) is 16.3 Å². The third-order valence-electron chi connectivity index (χ3n) is 1.23. The van der Waals surface area contributed by atoms with Crippen molar-refractivity contribution in [1.29, 1.82) is 0 Å². The van der Waals surface area contributed by atoms with Gasteiger partial charge in [-0.15, -0.1) is 0 Å². The van der Waals surface area contributed by atoms with Gasteiger partial charge in [0.1, 0.15) is 11.6 Å². The summed E-state index contributed by atoms with van der Waals surface area (Å²) in [5.74, 6) is -0.137. The zero-order valence-electron chi connectivity index (χ0n) is 5.36. The smallest absolute Gasteiger partial charge is 0.129 e. The third kappa shape index (κ3) is 1.39. The van der Waals surface area contributed by atoms with Crippen LogP contribution in [0.1, 0.15) is 5.56 Å². The first kappa shape index (κ1) is 7.78. The number of hydrogen-bond acceptors (Lipinski definition) is 1. The van der Waals surface area contributed by atoms with E-state index in [-0.39, 0.29) is 11.6 Å². The molecule has 0 aliphatic heterocycles. The van der Waals surface area contributed by atoms with E-state index in [1.807, 2.05) is 22.6 Å². The van der Waals surface area contributed by atoms with Crippen molar-refractivity contribution in [2.24, 2.45) is 0 Å². The topological polar surface area (TPSA) is 20.2 Å². The molecule has 0 heterocycles. The van der Waals surface area contributed by atoms with Gasteiger partial charge in [0, 0.05) is 0 Å². The summed E-state index contributed by atoms with van der Waals surface area (Å²) in [6, 6.07) is 2.72. The first-order valence-electron chi connectivity index (χ1n) is 2.76. The van der Waals surface area contributed by atoms with Gasteiger partial charge in [0.2, 0.25) is 0 Å². The molecular weight excluding hydrogens is 246 g/mol. The van der Waals surface area contributed by atoms with Crippen molar-refractivity contribution in [2.45, 2.75) is 6.92 Å². The molecule has 0 aliphatic carbocycles. The fraction of sp³-hybridized carbons (Fsp3) is 0.143. The van der Waals surface area contributed by atoms with Crippen LogP contribution in [0.2, 0.25) is 0 Å². The van der Waals surface area contributed by atoms with Crippen LogP contribution in [0.15, 0.2) is 12.1 Å². The van der Waals surface area contributed by atoms with Crippen molar-refractivity contribution in [1.82, 2.24) is 0 Å². The number of phenolic OH excluding ortho intramolecular Hbond substituents is 1. The van der Waals surface area contributed by atoms with Gasteiger partial charge < -0.3 is 5.11 Å². The van der Waals surface area contributed by atoms with Crippen molar-refractivity contribution in [3.63, 3.8) is 0 Å². The summed E-state index contributed by atoms with van der Waals surface area (Å²) in [6.45, 7) is 1.62. The second-order valence-corrected chi connectivity index (χ2v) is 3.21. The van der Waals surface area contributed by atoms with Gasteiger partial charge in [0.25, 0.3) is 0 Å². The molecule has 0 fully saturated rings. The Morgan fingerprint density at radius 3 is 2.60 bits per heavy atom. The lowest BCUT2D eigenvalue weighted by Gasteiger charge is -1.98. The SMILES string of the molecule is Cc1cc(O)c(I)cc1F. The van der Waals surface area contributed by atoms with Gasteiger partial charge >= 0.3 is 0 Å². The minimum absolute atomic E-state index is 0.138. The van der Waals surface area contributed by atoms with Crippen LogP contribution in [0.4, 0.5) is 4.39 Å². The number of benzene rings is 1. The van der Waals surface area contributed by atoms with Crippen molar-refractivity contribution in [3.8, 4) is 5.75 Å². The fourth-order valence-electron chi connectivity index (χ4n) is 0.642. The molecule has 0 atom stereocenters. The summed E-state index contributed by atoms with van der Waals surface area (Å²) in [5, 5.41) is 9.05. The lowest BCUT2D eigenvalue weighted by atomic mass is 10.2. The fourth-order valence-corrected chi connectivity index (χ4v) is 1.07. The molecule has 0 aliphatic rings. The molecule has 3 heteroatoms. The average molecular weight is 252 g/mol. The highest BCUT2D eigenvalue weighted by molar-refractivity contribution is 14.1. The van der Waals surface area contributed by atoms with Gasteiger partial charge in [-0.2, -0.15) is 0 Å². The molecule has 0 unspecified atom stereocenters. The van der Waals surface area contributed by atoms with Crippen LogP contribution in [-0.4, -0.2) is 5.11 Å². The molecular formula is C7H6FIO. The Morgan fingerprint density at radius 2 is 2.10 bits per heavy atom. The zero-order valence-corrected chi connectivity index (χ0v) is 7.52. The minimum atomic E-state index is -0.276. The Bertz CT molecular complexity index is 210. The van der Waals surface area contributed by atoms with Crippen molar-refractivity contribution in [3.05, 3.63) is 27.1 Å². The van der Waals surface area contributed by atoms with Gasteiger partial charge in [-0.3, -0.25) is 0 Å². The molecule has 1 rings (SSSR count). The van der Waals surface area contributed by atoms with E-state index in [1.54, 1.807) is 6.92 Å². The molecule has 1 aromatic rings. The first-order chi connectivity index (χ1) is 4.61. The predicted octanol–water partition coefficient (Wildman–Crippen LogP) is 2.44. The van der Waals surface area contributed by atoms with Crippen molar-refractivity contribution in [2.75, 3.05) is 0 Å². The van der Waals surface area contributed by atoms with E-state index in [0.29, 0.717) is 9.13 Å². The number of phenols is 1.